The lowest BCUT2D eigenvalue weighted by Crippen LogP contribution is -2.51. The number of nitrogens with one attached hydrogen (secondary N) is 1. The SMILES string of the molecule is CC(CC(C)(CO)NC1CC1)N(C)CC1CCCO1. The number of nitrogens with zero attached hydrogens (tertiary/aromatic N) is 1. The molecular weight excluding hydrogens is 240 g/mol. The molecule has 1 aliphatic heterocycles. The molecule has 0 spiro atoms. The van der Waals surface area contributed by atoms with Crippen molar-refractivity contribution >= 4 is 0 Å². The maximum atomic E-state index is 9.67. The van der Waals surface area contributed by atoms with Crippen LogP contribution in [0.1, 0.15) is 46.0 Å². The van der Waals surface area contributed by atoms with Crippen LogP contribution in [0.3, 0.4) is 0 Å². The Kier molecular flexibility index (Phi) is 5.23. The summed E-state index contributed by atoms with van der Waals surface area (Å²) in [6.07, 6.45) is 6.29. The highest BCUT2D eigenvalue weighted by molar-refractivity contribution is 4.94. The standard InChI is InChI=1S/C15H30N2O2/c1-12(17(3)10-14-5-4-8-19-14)9-15(2,11-18)16-13-6-7-13/h12-14,16,18H,4-11H2,1-3H3. The molecular formula is C15H30N2O2. The highest BCUT2D eigenvalue weighted by atomic mass is 16.5. The fraction of sp³-hybridized carbons (Fsp3) is 1.00. The van der Waals surface area contributed by atoms with Crippen molar-refractivity contribution in [3.63, 3.8) is 0 Å². The molecule has 4 heteroatoms. The van der Waals surface area contributed by atoms with Crippen molar-refractivity contribution in [2.45, 2.75) is 69.7 Å². The zero-order chi connectivity index (χ0) is 13.9. The lowest BCUT2D eigenvalue weighted by Gasteiger charge is -2.36. The number of likely N-dealkylation sites (N-methyl/N-ethyl adjacent to an activating group) is 1. The summed E-state index contributed by atoms with van der Waals surface area (Å²) in [6, 6.07) is 1.08. The van der Waals surface area contributed by atoms with E-state index < -0.39 is 0 Å². The van der Waals surface area contributed by atoms with E-state index in [2.05, 4.69) is 31.1 Å². The first-order chi connectivity index (χ1) is 9.02. The van der Waals surface area contributed by atoms with Gasteiger partial charge in [-0.25, -0.2) is 0 Å². The highest BCUT2D eigenvalue weighted by Gasteiger charge is 2.34. The topological polar surface area (TPSA) is 44.7 Å². The van der Waals surface area contributed by atoms with Crippen LogP contribution in [-0.2, 0) is 4.74 Å². The van der Waals surface area contributed by atoms with Gasteiger partial charge >= 0.3 is 0 Å². The minimum absolute atomic E-state index is 0.147. The number of ether oxygens (including phenoxy) is 1. The van der Waals surface area contributed by atoms with Crippen molar-refractivity contribution in [2.24, 2.45) is 0 Å². The third-order valence-corrected chi connectivity index (χ3v) is 4.49. The van der Waals surface area contributed by atoms with Gasteiger partial charge in [0.1, 0.15) is 0 Å². The van der Waals surface area contributed by atoms with Crippen molar-refractivity contribution in [3.8, 4) is 0 Å². The van der Waals surface area contributed by atoms with Crippen molar-refractivity contribution in [3.05, 3.63) is 0 Å². The Labute approximate surface area is 117 Å². The van der Waals surface area contributed by atoms with Crippen LogP contribution in [0.4, 0.5) is 0 Å². The van der Waals surface area contributed by atoms with E-state index in [0.717, 1.165) is 19.6 Å². The van der Waals surface area contributed by atoms with E-state index in [1.165, 1.54) is 25.7 Å². The van der Waals surface area contributed by atoms with Crippen LogP contribution in [0.15, 0.2) is 0 Å². The van der Waals surface area contributed by atoms with Gasteiger partial charge in [-0.3, -0.25) is 0 Å². The lowest BCUT2D eigenvalue weighted by atomic mass is 9.93. The molecule has 112 valence electrons. The Bertz CT molecular complexity index is 277. The first kappa shape index (κ1) is 15.2. The molecule has 0 aromatic heterocycles. The van der Waals surface area contributed by atoms with E-state index in [1.807, 2.05) is 0 Å². The van der Waals surface area contributed by atoms with E-state index in [-0.39, 0.29) is 12.1 Å². The summed E-state index contributed by atoms with van der Waals surface area (Å²) in [5.74, 6) is 0. The van der Waals surface area contributed by atoms with Gasteiger partial charge in [-0.2, -0.15) is 0 Å². The second kappa shape index (κ2) is 6.53. The van der Waals surface area contributed by atoms with Gasteiger partial charge in [0, 0.05) is 30.8 Å². The maximum Gasteiger partial charge on any atom is 0.0702 e. The van der Waals surface area contributed by atoms with E-state index in [1.54, 1.807) is 0 Å². The van der Waals surface area contributed by atoms with Crippen LogP contribution in [-0.4, -0.2) is 60.5 Å². The van der Waals surface area contributed by atoms with Gasteiger partial charge in [0.05, 0.1) is 12.7 Å². The van der Waals surface area contributed by atoms with Crippen LogP contribution in [0.2, 0.25) is 0 Å². The summed E-state index contributed by atoms with van der Waals surface area (Å²) in [6.45, 7) is 6.53. The largest absolute Gasteiger partial charge is 0.394 e. The molecule has 2 aliphatic rings. The molecule has 2 fully saturated rings. The molecule has 0 amide bonds. The Morgan fingerprint density at radius 1 is 1.42 bits per heavy atom. The predicted molar refractivity (Wildman–Crippen MR) is 77.3 cm³/mol. The number of aliphatic hydroxyl groups is 1. The fourth-order valence-electron chi connectivity index (χ4n) is 2.99. The first-order valence-electron chi connectivity index (χ1n) is 7.73. The summed E-state index contributed by atoms with van der Waals surface area (Å²) in [5.41, 5.74) is -0.147. The fourth-order valence-corrected chi connectivity index (χ4v) is 2.99. The smallest absolute Gasteiger partial charge is 0.0702 e. The van der Waals surface area contributed by atoms with Crippen molar-refractivity contribution in [1.29, 1.82) is 0 Å². The molecule has 19 heavy (non-hydrogen) atoms. The Morgan fingerprint density at radius 3 is 2.68 bits per heavy atom. The predicted octanol–water partition coefficient (Wildman–Crippen LogP) is 1.38. The summed E-state index contributed by atoms with van der Waals surface area (Å²) in [5, 5.41) is 13.3. The van der Waals surface area contributed by atoms with Crippen LogP contribution in [0, 0.1) is 0 Å². The zero-order valence-corrected chi connectivity index (χ0v) is 12.7. The molecule has 1 heterocycles. The molecule has 1 saturated carbocycles. The summed E-state index contributed by atoms with van der Waals surface area (Å²) < 4.78 is 5.70. The van der Waals surface area contributed by atoms with E-state index >= 15 is 0 Å². The van der Waals surface area contributed by atoms with E-state index in [4.69, 9.17) is 4.74 Å². The summed E-state index contributed by atoms with van der Waals surface area (Å²) in [7, 11) is 2.17. The lowest BCUT2D eigenvalue weighted by molar-refractivity contribution is 0.0584. The number of hydrogen-bond acceptors (Lipinski definition) is 4. The monoisotopic (exact) mass is 270 g/mol. The normalized spacial score (nSPS) is 28.6. The molecule has 2 N–H and O–H groups in total. The van der Waals surface area contributed by atoms with Crippen LogP contribution >= 0.6 is 0 Å². The van der Waals surface area contributed by atoms with Gasteiger partial charge in [0.15, 0.2) is 0 Å². The molecule has 2 rings (SSSR count). The first-order valence-corrected chi connectivity index (χ1v) is 7.73. The number of aliphatic hydroxyl groups excluding tert-OH is 1. The molecule has 1 saturated heterocycles. The van der Waals surface area contributed by atoms with Crippen molar-refractivity contribution in [2.75, 3.05) is 26.8 Å². The van der Waals surface area contributed by atoms with Gasteiger partial charge in [-0.1, -0.05) is 0 Å². The maximum absolute atomic E-state index is 9.67. The molecule has 0 aromatic rings. The van der Waals surface area contributed by atoms with Gasteiger partial charge in [0.2, 0.25) is 0 Å². The molecule has 1 aliphatic carbocycles. The highest BCUT2D eigenvalue weighted by Crippen LogP contribution is 2.25. The number of hydrogen-bond donors (Lipinski definition) is 2. The molecule has 0 bridgehead atoms. The number of rotatable bonds is 8. The van der Waals surface area contributed by atoms with Gasteiger partial charge < -0.3 is 20.1 Å². The molecule has 3 atom stereocenters. The average Bonchev–Trinajstić information content (AvgIpc) is 3.02. The average molecular weight is 270 g/mol. The van der Waals surface area contributed by atoms with Gasteiger partial charge in [0.25, 0.3) is 0 Å². The molecule has 0 radical (unpaired) electrons. The van der Waals surface area contributed by atoms with E-state index in [9.17, 15) is 5.11 Å². The third-order valence-electron chi connectivity index (χ3n) is 4.49. The molecule has 3 unspecified atom stereocenters. The Morgan fingerprint density at radius 2 is 2.16 bits per heavy atom. The Balaban J connectivity index is 1.77. The molecule has 0 aromatic carbocycles. The quantitative estimate of drug-likeness (QED) is 0.699. The van der Waals surface area contributed by atoms with Gasteiger partial charge in [-0.05, 0) is 53.0 Å². The van der Waals surface area contributed by atoms with Gasteiger partial charge in [-0.15, -0.1) is 0 Å². The third kappa shape index (κ3) is 4.71. The van der Waals surface area contributed by atoms with Crippen LogP contribution in [0.25, 0.3) is 0 Å². The second-order valence-electron chi connectivity index (χ2n) is 6.77. The van der Waals surface area contributed by atoms with Crippen LogP contribution in [0.5, 0.6) is 0 Å². The van der Waals surface area contributed by atoms with E-state index in [0.29, 0.717) is 18.2 Å². The minimum Gasteiger partial charge on any atom is -0.394 e. The van der Waals surface area contributed by atoms with Crippen molar-refractivity contribution in [1.82, 2.24) is 10.2 Å². The summed E-state index contributed by atoms with van der Waals surface area (Å²) in [4.78, 5) is 2.37. The van der Waals surface area contributed by atoms with Crippen LogP contribution < -0.4 is 5.32 Å². The van der Waals surface area contributed by atoms with Crippen molar-refractivity contribution < 1.29 is 9.84 Å². The zero-order valence-electron chi connectivity index (χ0n) is 12.7. The second-order valence-corrected chi connectivity index (χ2v) is 6.77. The Hall–Kier alpha value is -0.160. The molecule has 4 nitrogen and oxygen atoms in total. The minimum atomic E-state index is -0.147. The summed E-state index contributed by atoms with van der Waals surface area (Å²) >= 11 is 0.